The predicted molar refractivity (Wildman–Crippen MR) is 106 cm³/mol. The average molecular weight is 422 g/mol. The fourth-order valence-corrected chi connectivity index (χ4v) is 4.54. The van der Waals surface area contributed by atoms with Crippen LogP contribution in [0.4, 0.5) is 4.39 Å². The third-order valence-corrected chi connectivity index (χ3v) is 6.52. The standard InChI is InChI=1S/C18H28FN3O3S.ClH/c19-16-7-9-17(10-8-16)26(24,25)22-13-5-12-21(14-15-22)18(23)6-3-1-2-4-11-20;/h7-10H,1-6,11-15,20H2;1H. The highest BCUT2D eigenvalue weighted by Gasteiger charge is 2.28. The number of carbonyl (C=O) groups excluding carboxylic acids is 1. The van der Waals surface area contributed by atoms with Gasteiger partial charge in [0.2, 0.25) is 15.9 Å². The van der Waals surface area contributed by atoms with Crippen molar-refractivity contribution < 1.29 is 17.6 Å². The summed E-state index contributed by atoms with van der Waals surface area (Å²) in [7, 11) is -3.66. The molecule has 1 fully saturated rings. The molecular formula is C18H29ClFN3O3S. The molecule has 1 aromatic carbocycles. The molecule has 27 heavy (non-hydrogen) atoms. The van der Waals surface area contributed by atoms with Gasteiger partial charge in [-0.05, 0) is 50.1 Å². The first-order chi connectivity index (χ1) is 12.4. The van der Waals surface area contributed by atoms with Crippen molar-refractivity contribution in [3.05, 3.63) is 30.1 Å². The number of carbonyl (C=O) groups is 1. The fraction of sp³-hybridized carbons (Fsp3) is 0.611. The SMILES string of the molecule is Cl.NCCCCCCC(=O)N1CCCN(S(=O)(=O)c2ccc(F)cc2)CC1. The first-order valence-electron chi connectivity index (χ1n) is 9.18. The van der Waals surface area contributed by atoms with Gasteiger partial charge >= 0.3 is 0 Å². The van der Waals surface area contributed by atoms with E-state index in [0.717, 1.165) is 37.8 Å². The van der Waals surface area contributed by atoms with E-state index in [0.29, 0.717) is 39.0 Å². The maximum Gasteiger partial charge on any atom is 0.243 e. The summed E-state index contributed by atoms with van der Waals surface area (Å²) >= 11 is 0. The molecule has 0 bridgehead atoms. The van der Waals surface area contributed by atoms with Gasteiger partial charge in [-0.15, -0.1) is 12.4 Å². The molecule has 1 amide bonds. The summed E-state index contributed by atoms with van der Waals surface area (Å²) in [5.41, 5.74) is 5.45. The van der Waals surface area contributed by atoms with Gasteiger partial charge in [-0.1, -0.05) is 12.8 Å². The van der Waals surface area contributed by atoms with E-state index in [-0.39, 0.29) is 29.8 Å². The molecule has 0 aromatic heterocycles. The van der Waals surface area contributed by atoms with Gasteiger partial charge in [-0.25, -0.2) is 12.8 Å². The molecule has 2 N–H and O–H groups in total. The number of nitrogens with two attached hydrogens (primary N) is 1. The van der Waals surface area contributed by atoms with Gasteiger partial charge < -0.3 is 10.6 Å². The molecule has 0 saturated carbocycles. The van der Waals surface area contributed by atoms with Crippen molar-refractivity contribution >= 4 is 28.3 Å². The van der Waals surface area contributed by atoms with E-state index < -0.39 is 15.8 Å². The van der Waals surface area contributed by atoms with Gasteiger partial charge in [-0.2, -0.15) is 4.31 Å². The summed E-state index contributed by atoms with van der Waals surface area (Å²) in [5.74, 6) is -0.387. The Morgan fingerprint density at radius 3 is 2.33 bits per heavy atom. The molecule has 6 nitrogen and oxygen atoms in total. The number of unbranched alkanes of at least 4 members (excludes halogenated alkanes) is 3. The second-order valence-electron chi connectivity index (χ2n) is 6.55. The lowest BCUT2D eigenvalue weighted by Gasteiger charge is -2.22. The van der Waals surface area contributed by atoms with E-state index in [9.17, 15) is 17.6 Å². The summed E-state index contributed by atoms with van der Waals surface area (Å²) in [6, 6.07) is 4.84. The Hall–Kier alpha value is -1.22. The second-order valence-corrected chi connectivity index (χ2v) is 8.48. The lowest BCUT2D eigenvalue weighted by Crippen LogP contribution is -2.37. The van der Waals surface area contributed by atoms with Crippen molar-refractivity contribution in [2.24, 2.45) is 5.73 Å². The lowest BCUT2D eigenvalue weighted by molar-refractivity contribution is -0.131. The zero-order chi connectivity index (χ0) is 19.0. The van der Waals surface area contributed by atoms with Crippen LogP contribution >= 0.6 is 12.4 Å². The summed E-state index contributed by atoms with van der Waals surface area (Å²) in [6.07, 6.45) is 4.94. The predicted octanol–water partition coefficient (Wildman–Crippen LogP) is 2.38. The van der Waals surface area contributed by atoms with Crippen LogP contribution in [-0.4, -0.2) is 56.3 Å². The van der Waals surface area contributed by atoms with Gasteiger partial charge in [0, 0.05) is 32.6 Å². The highest BCUT2D eigenvalue weighted by molar-refractivity contribution is 7.89. The molecule has 0 spiro atoms. The smallest absolute Gasteiger partial charge is 0.243 e. The molecule has 154 valence electrons. The zero-order valence-electron chi connectivity index (χ0n) is 15.5. The van der Waals surface area contributed by atoms with Crippen molar-refractivity contribution in [1.29, 1.82) is 0 Å². The maximum atomic E-state index is 13.0. The van der Waals surface area contributed by atoms with E-state index in [1.165, 1.54) is 16.4 Å². The second kappa shape index (κ2) is 11.6. The van der Waals surface area contributed by atoms with Crippen LogP contribution in [0.5, 0.6) is 0 Å². The van der Waals surface area contributed by atoms with Crippen LogP contribution in [0.1, 0.15) is 38.5 Å². The van der Waals surface area contributed by atoms with E-state index in [4.69, 9.17) is 5.73 Å². The van der Waals surface area contributed by atoms with Crippen molar-refractivity contribution in [3.8, 4) is 0 Å². The Morgan fingerprint density at radius 2 is 1.67 bits per heavy atom. The highest BCUT2D eigenvalue weighted by Crippen LogP contribution is 2.18. The number of amides is 1. The molecule has 1 aromatic rings. The molecule has 0 radical (unpaired) electrons. The molecule has 0 aliphatic carbocycles. The first kappa shape index (κ1) is 23.8. The van der Waals surface area contributed by atoms with Crippen molar-refractivity contribution in [2.75, 3.05) is 32.7 Å². The number of hydrogen-bond donors (Lipinski definition) is 1. The molecule has 2 rings (SSSR count). The number of hydrogen-bond acceptors (Lipinski definition) is 4. The number of rotatable bonds is 8. The van der Waals surface area contributed by atoms with Crippen LogP contribution in [0.15, 0.2) is 29.2 Å². The van der Waals surface area contributed by atoms with Crippen LogP contribution in [0.25, 0.3) is 0 Å². The van der Waals surface area contributed by atoms with Gasteiger partial charge in [0.25, 0.3) is 0 Å². The molecule has 1 heterocycles. The minimum atomic E-state index is -3.66. The lowest BCUT2D eigenvalue weighted by atomic mass is 10.1. The van der Waals surface area contributed by atoms with Gasteiger partial charge in [0.1, 0.15) is 5.82 Å². The Bertz CT molecular complexity index is 686. The summed E-state index contributed by atoms with van der Waals surface area (Å²) in [5, 5.41) is 0. The summed E-state index contributed by atoms with van der Waals surface area (Å²) < 4.78 is 39.8. The maximum absolute atomic E-state index is 13.0. The Kier molecular flexibility index (Phi) is 10.2. The molecular weight excluding hydrogens is 393 g/mol. The molecule has 9 heteroatoms. The van der Waals surface area contributed by atoms with Crippen LogP contribution in [0.2, 0.25) is 0 Å². The zero-order valence-corrected chi connectivity index (χ0v) is 17.1. The van der Waals surface area contributed by atoms with Gasteiger partial charge in [0.15, 0.2) is 0 Å². The van der Waals surface area contributed by atoms with E-state index in [2.05, 4.69) is 0 Å². The van der Waals surface area contributed by atoms with Crippen molar-refractivity contribution in [1.82, 2.24) is 9.21 Å². The number of nitrogens with zero attached hydrogens (tertiary/aromatic N) is 2. The molecule has 1 aliphatic heterocycles. The van der Waals surface area contributed by atoms with E-state index in [1.807, 2.05) is 0 Å². The third-order valence-electron chi connectivity index (χ3n) is 4.60. The summed E-state index contributed by atoms with van der Waals surface area (Å²) in [4.78, 5) is 14.2. The Labute approximate surface area is 167 Å². The largest absolute Gasteiger partial charge is 0.341 e. The normalized spacial score (nSPS) is 15.9. The van der Waals surface area contributed by atoms with Crippen LogP contribution in [-0.2, 0) is 14.8 Å². The monoisotopic (exact) mass is 421 g/mol. The Morgan fingerprint density at radius 1 is 1.00 bits per heavy atom. The summed E-state index contributed by atoms with van der Waals surface area (Å²) in [6.45, 7) is 2.26. The number of halogens is 2. The first-order valence-corrected chi connectivity index (χ1v) is 10.6. The Balaban J connectivity index is 0.00000364. The van der Waals surface area contributed by atoms with Gasteiger partial charge in [0.05, 0.1) is 4.90 Å². The minimum Gasteiger partial charge on any atom is -0.341 e. The van der Waals surface area contributed by atoms with Crippen LogP contribution in [0.3, 0.4) is 0 Å². The number of benzene rings is 1. The van der Waals surface area contributed by atoms with Crippen molar-refractivity contribution in [3.63, 3.8) is 0 Å². The molecule has 0 atom stereocenters. The van der Waals surface area contributed by atoms with Crippen LogP contribution in [0, 0.1) is 5.82 Å². The fourth-order valence-electron chi connectivity index (χ4n) is 3.07. The molecule has 1 aliphatic rings. The minimum absolute atomic E-state index is 0. The van der Waals surface area contributed by atoms with Crippen LogP contribution < -0.4 is 5.73 Å². The quantitative estimate of drug-likeness (QED) is 0.653. The van der Waals surface area contributed by atoms with E-state index >= 15 is 0 Å². The number of sulfonamides is 1. The molecule has 0 unspecified atom stereocenters. The average Bonchev–Trinajstić information content (AvgIpc) is 2.88. The highest BCUT2D eigenvalue weighted by atomic mass is 35.5. The third kappa shape index (κ3) is 7.03. The molecule has 1 saturated heterocycles. The van der Waals surface area contributed by atoms with E-state index in [1.54, 1.807) is 4.90 Å². The van der Waals surface area contributed by atoms with Crippen molar-refractivity contribution in [2.45, 2.75) is 43.4 Å². The topological polar surface area (TPSA) is 83.7 Å². The van der Waals surface area contributed by atoms with Gasteiger partial charge in [-0.3, -0.25) is 4.79 Å².